The van der Waals surface area contributed by atoms with Crippen LogP contribution in [0.2, 0.25) is 15.1 Å². The summed E-state index contributed by atoms with van der Waals surface area (Å²) in [5.41, 5.74) is 2.21. The highest BCUT2D eigenvalue weighted by Gasteiger charge is 2.69. The van der Waals surface area contributed by atoms with Crippen LogP contribution in [0, 0.1) is 114 Å². The molecule has 12 aliphatic carbocycles. The van der Waals surface area contributed by atoms with E-state index in [0.29, 0.717) is 135 Å². The number of Topliss-reactive ketones (excluding diaryl/α,β-unsaturated/α-hetero) is 1. The lowest BCUT2D eigenvalue weighted by molar-refractivity contribution is -0.245. The number of ketones is 1. The second-order valence-corrected chi connectivity index (χ2v) is 66.7. The van der Waals surface area contributed by atoms with Crippen LogP contribution in [-0.2, 0) is 27.5 Å². The standard InChI is InChI=1S/C37H54O5Si.C36H52O3Si.C35H50O4Si.C20H34O3/c1-34(2,3)43(28-12-8-6-9-13-28,29-14-10-7-11-15-29)42-23-19-30-31(35(4)20-16-27(38)26-33(35)39)17-21-36(5)32(30)18-22-37(36)40-24-25-41-37;1-26-17-18-31-30(32(20-23-35(26,31)5)36(6)22-19-27(37)25-33(36)38)21-24-39-40(34(2,3)4,28-13-9-7-10-14-28)29-15-11-8-12-16-29;1-33(2,3)40(26-12-8-6-9-13-26,27-14-10-7-11-15-27)39-23-20-28-29-16-17-31(37)34(29,4)22-19-30(28)35(5)21-18-25(36)24-32(35)38;1-13-4-5-16-15(8-11-21)17(7-10-19(13,16)2)20(3)9-6-14(22)12-18(20)23/h6-15,27,30-33,38-39H,16-26H2,1-5H3;7-16,27,30-33,37-38H,1,17-25H2,2-6H3;6-15,25,28-30,32,36,38H,16-24H2,1-5H3;14-18,21-23H,1,4-12H2,2-3H3/t27-,30+,31?,32?,33-,35+,36-;27-,30-,31?,32?,33-,35+,36+;25-,28-,29?,30?,32-,34-,35+;14-,15-,16?,17?,18-,19+,20+/m0000/s1. The van der Waals surface area contributed by atoms with E-state index >= 15 is 0 Å². The summed E-state index contributed by atoms with van der Waals surface area (Å²) in [6, 6.07) is 65.4. The van der Waals surface area contributed by atoms with E-state index in [1.807, 2.05) is 0 Å². The van der Waals surface area contributed by atoms with E-state index in [4.69, 9.17) is 22.8 Å². The molecular weight excluding hydrogens is 1860 g/mol. The Hall–Kier alpha value is -5.44. The van der Waals surface area contributed by atoms with Crippen LogP contribution in [-0.4, -0.2) is 171 Å². The van der Waals surface area contributed by atoms with Gasteiger partial charge in [-0.15, -0.1) is 0 Å². The SMILES string of the molecule is C=C1CCC2[C@H](CCO)C([C@@]3(C)CC[C@H](O)C[C@@H]3O)CC[C@]12C.C=C1CCC2[C@H](CCO[Si](c3ccccc3)(c3ccccc3)C(C)(C)C)C([C@@]3(C)CC[C@H](O)C[C@@H]3O)CC[C@]12C.CC(C)(C)[Si](OCC[C@H]1C2CCC(=O)[C@@]2(C)CCC1[C@@]1(C)CC[C@H](O)C[C@@H]1O)(c1ccccc1)c1ccccc1.CC(C)(C)[Si](OCC[C@H]1C2CCC3(OCCO3)[C@@]2(C)CCC1[C@@]1(C)CC[C@H](O)C[C@@H]1O)(c1ccccc1)c1ccccc1. The second kappa shape index (κ2) is 44.8. The molecule has 28 atom stereocenters. The molecule has 146 heavy (non-hydrogen) atoms. The van der Waals surface area contributed by atoms with E-state index in [1.54, 1.807) is 0 Å². The molecule has 6 aromatic carbocycles. The first kappa shape index (κ1) is 113. The Morgan fingerprint density at radius 1 is 0.308 bits per heavy atom. The van der Waals surface area contributed by atoms with Gasteiger partial charge in [0.1, 0.15) is 5.78 Å². The molecule has 0 bridgehead atoms. The van der Waals surface area contributed by atoms with Crippen LogP contribution < -0.4 is 31.1 Å². The lowest BCUT2D eigenvalue weighted by Gasteiger charge is -2.57. The third-order valence-corrected chi connectivity index (χ3v) is 58.8. The summed E-state index contributed by atoms with van der Waals surface area (Å²) in [4.78, 5) is 13.2. The molecule has 19 rings (SSSR count). The quantitative estimate of drug-likeness (QED) is 0.0202. The van der Waals surface area contributed by atoms with Crippen molar-refractivity contribution < 1.29 is 73.5 Å². The highest BCUT2D eigenvalue weighted by Crippen LogP contribution is 2.70. The predicted octanol–water partition coefficient (Wildman–Crippen LogP) is 22.1. The van der Waals surface area contributed by atoms with Gasteiger partial charge >= 0.3 is 0 Å². The van der Waals surface area contributed by atoms with E-state index in [9.17, 15) is 50.8 Å². The summed E-state index contributed by atoms with van der Waals surface area (Å²) in [6.07, 6.45) is 25.7. The summed E-state index contributed by atoms with van der Waals surface area (Å²) in [5, 5.41) is 103. The zero-order chi connectivity index (χ0) is 105. The molecule has 9 N–H and O–H groups in total. The Bertz CT molecular complexity index is 4960. The van der Waals surface area contributed by atoms with Gasteiger partial charge in [0, 0.05) is 50.1 Å². The van der Waals surface area contributed by atoms with E-state index in [1.165, 1.54) is 55.1 Å². The first-order chi connectivity index (χ1) is 69.2. The maximum atomic E-state index is 13.2. The fourth-order valence-electron chi connectivity index (χ4n) is 34.9. The van der Waals surface area contributed by atoms with Crippen LogP contribution in [0.15, 0.2) is 206 Å². The molecule has 8 unspecified atom stereocenters. The van der Waals surface area contributed by atoms with Gasteiger partial charge in [-0.05, 0) is 342 Å². The number of carbonyl (C=O) groups excluding carboxylic acids is 1. The topological polar surface area (TPSA) is 245 Å². The van der Waals surface area contributed by atoms with Crippen molar-refractivity contribution >= 4 is 61.9 Å². The third-order valence-electron chi connectivity index (χ3n) is 43.7. The Morgan fingerprint density at radius 2 is 0.555 bits per heavy atom. The van der Waals surface area contributed by atoms with Gasteiger partial charge in [0.2, 0.25) is 0 Å². The molecule has 13 aliphatic rings. The number of allylic oxidation sites excluding steroid dienone is 2. The van der Waals surface area contributed by atoms with Gasteiger partial charge < -0.3 is 68.7 Å². The van der Waals surface area contributed by atoms with Gasteiger partial charge in [-0.3, -0.25) is 4.79 Å². The highest BCUT2D eigenvalue weighted by molar-refractivity contribution is 7.00. The van der Waals surface area contributed by atoms with Crippen LogP contribution in [0.25, 0.3) is 0 Å². The molecule has 804 valence electrons. The number of carbonyl (C=O) groups is 1. The zero-order valence-corrected chi connectivity index (χ0v) is 95.6. The Balaban J connectivity index is 0.000000142. The maximum Gasteiger partial charge on any atom is 0.261 e. The van der Waals surface area contributed by atoms with E-state index in [0.717, 1.165) is 167 Å². The van der Waals surface area contributed by atoms with Crippen molar-refractivity contribution in [3.05, 3.63) is 206 Å². The molecule has 6 aromatic rings. The molecule has 1 heterocycles. The molecule has 15 nitrogen and oxygen atoms in total. The number of hydrogen-bond acceptors (Lipinski definition) is 15. The number of aliphatic hydroxyl groups excluding tert-OH is 9. The van der Waals surface area contributed by atoms with Crippen LogP contribution in [0.4, 0.5) is 0 Å². The van der Waals surface area contributed by atoms with Gasteiger partial charge in [-0.1, -0.05) is 324 Å². The van der Waals surface area contributed by atoms with E-state index in [2.05, 4.69) is 313 Å². The van der Waals surface area contributed by atoms with Crippen molar-refractivity contribution in [2.24, 2.45) is 114 Å². The Morgan fingerprint density at radius 3 is 0.829 bits per heavy atom. The summed E-state index contributed by atoms with van der Waals surface area (Å²) in [5.74, 6) is 5.13. The molecule has 13 fully saturated rings. The summed E-state index contributed by atoms with van der Waals surface area (Å²) in [7, 11) is -7.91. The van der Waals surface area contributed by atoms with Gasteiger partial charge in [0.05, 0.1) is 62.0 Å². The fraction of sp³-hybridized carbons (Fsp3) is 0.680. The van der Waals surface area contributed by atoms with Crippen molar-refractivity contribution in [1.82, 2.24) is 0 Å². The number of ether oxygens (including phenoxy) is 2. The first-order valence-corrected chi connectivity index (χ1v) is 63.4. The lowest BCUT2D eigenvalue weighted by atomic mass is 9.50. The predicted molar refractivity (Wildman–Crippen MR) is 598 cm³/mol. The first-order valence-electron chi connectivity index (χ1n) is 57.6. The van der Waals surface area contributed by atoms with Crippen LogP contribution in [0.3, 0.4) is 0 Å². The van der Waals surface area contributed by atoms with Crippen molar-refractivity contribution in [2.75, 3.05) is 39.6 Å². The summed E-state index contributed by atoms with van der Waals surface area (Å²) < 4.78 is 35.1. The molecule has 1 spiro atoms. The van der Waals surface area contributed by atoms with Crippen LogP contribution in [0.1, 0.15) is 323 Å². The molecule has 1 saturated heterocycles. The number of aliphatic hydroxyl groups is 9. The maximum absolute atomic E-state index is 13.2. The number of hydrogen-bond donors (Lipinski definition) is 9. The molecular formula is C128H190O15Si3. The van der Waals surface area contributed by atoms with E-state index < -0.39 is 67.4 Å². The molecule has 0 amide bonds. The average Bonchev–Trinajstić information content (AvgIpc) is 1.55. The van der Waals surface area contributed by atoms with Gasteiger partial charge in [-0.2, -0.15) is 0 Å². The molecule has 12 saturated carbocycles. The molecule has 1 aliphatic heterocycles. The van der Waals surface area contributed by atoms with Crippen molar-refractivity contribution in [2.45, 2.75) is 393 Å². The number of rotatable bonds is 24. The molecule has 0 aromatic heterocycles. The van der Waals surface area contributed by atoms with Gasteiger partial charge in [0.25, 0.3) is 25.0 Å². The fourth-order valence-corrected chi connectivity index (χ4v) is 48.6. The highest BCUT2D eigenvalue weighted by atomic mass is 28.4. The lowest BCUT2D eigenvalue weighted by Crippen LogP contribution is -2.66. The summed E-state index contributed by atoms with van der Waals surface area (Å²) >= 11 is 0. The molecule has 0 radical (unpaired) electrons. The number of benzene rings is 6. The third kappa shape index (κ3) is 20.9. The largest absolute Gasteiger partial charge is 0.407 e. The minimum absolute atomic E-state index is 0.0421. The second-order valence-electron chi connectivity index (χ2n) is 53.8. The smallest absolute Gasteiger partial charge is 0.261 e. The van der Waals surface area contributed by atoms with Crippen LogP contribution >= 0.6 is 0 Å². The Labute approximate surface area is 882 Å². The van der Waals surface area contributed by atoms with Gasteiger partial charge in [-0.25, -0.2) is 0 Å². The normalized spacial score (nSPS) is 37.8. The van der Waals surface area contributed by atoms with Crippen LogP contribution in [0.5, 0.6) is 0 Å². The average molecular weight is 2050 g/mol. The minimum atomic E-state index is -2.65. The Kier molecular flexibility index (Phi) is 34.7. The number of fused-ring (bicyclic) bond motifs is 5. The van der Waals surface area contributed by atoms with Crippen molar-refractivity contribution in [1.29, 1.82) is 0 Å². The van der Waals surface area contributed by atoms with Gasteiger partial charge in [0.15, 0.2) is 5.79 Å². The van der Waals surface area contributed by atoms with Crippen molar-refractivity contribution in [3.63, 3.8) is 0 Å². The minimum Gasteiger partial charge on any atom is -0.407 e. The molecule has 18 heteroatoms. The van der Waals surface area contributed by atoms with Crippen molar-refractivity contribution in [3.8, 4) is 0 Å². The van der Waals surface area contributed by atoms with E-state index in [-0.39, 0.29) is 77.2 Å². The zero-order valence-electron chi connectivity index (χ0n) is 92.6. The summed E-state index contributed by atoms with van der Waals surface area (Å²) in [6.45, 7) is 52.2. The monoisotopic (exact) mass is 2050 g/mol.